The second-order valence-electron chi connectivity index (χ2n) is 6.97. The van der Waals surface area contributed by atoms with Crippen LogP contribution in [0.1, 0.15) is 42.3 Å². The van der Waals surface area contributed by atoms with Gasteiger partial charge in [0.2, 0.25) is 0 Å². The van der Waals surface area contributed by atoms with Crippen LogP contribution in [0.25, 0.3) is 0 Å². The summed E-state index contributed by atoms with van der Waals surface area (Å²) >= 11 is 11.8. The van der Waals surface area contributed by atoms with Crippen molar-refractivity contribution in [1.29, 1.82) is 0 Å². The number of nitrogens with one attached hydrogen (secondary N) is 2. The van der Waals surface area contributed by atoms with E-state index in [1.807, 2.05) is 12.1 Å². The molecule has 0 atom stereocenters. The van der Waals surface area contributed by atoms with Gasteiger partial charge in [-0.2, -0.15) is 5.10 Å². The van der Waals surface area contributed by atoms with Crippen molar-refractivity contribution in [3.8, 4) is 0 Å². The summed E-state index contributed by atoms with van der Waals surface area (Å²) in [4.78, 5) is 23.9. The highest BCUT2D eigenvalue weighted by molar-refractivity contribution is 6.36. The fraction of sp³-hybridized carbons (Fsp3) is 0.250. The molecule has 5 nitrogen and oxygen atoms in total. The molecule has 2 N–H and O–H groups in total. The van der Waals surface area contributed by atoms with Crippen LogP contribution in [0.2, 0.25) is 10.0 Å². The minimum absolute atomic E-state index is 0.0138. The predicted octanol–water partition coefficient (Wildman–Crippen LogP) is 4.17. The zero-order chi connectivity index (χ0) is 20.0. The Labute approximate surface area is 168 Å². The number of nitrogens with zero attached hydrogens (tertiary/aromatic N) is 1. The quantitative estimate of drug-likeness (QED) is 0.578. The fourth-order valence-electron chi connectivity index (χ4n) is 2.20. The minimum atomic E-state index is -0.448. The van der Waals surface area contributed by atoms with Crippen LogP contribution in [0, 0.1) is 0 Å². The first-order valence-corrected chi connectivity index (χ1v) is 9.08. The Balaban J connectivity index is 1.84. The van der Waals surface area contributed by atoms with Crippen molar-refractivity contribution in [2.75, 3.05) is 6.54 Å². The Hall–Kier alpha value is -2.37. The highest BCUT2D eigenvalue weighted by Gasteiger charge is 2.14. The molecular weight excluding hydrogens is 385 g/mol. The predicted molar refractivity (Wildman–Crippen MR) is 110 cm³/mol. The Morgan fingerprint density at radius 2 is 1.74 bits per heavy atom. The number of carbonyl (C=O) groups is 2. The van der Waals surface area contributed by atoms with E-state index in [4.69, 9.17) is 23.2 Å². The lowest BCUT2D eigenvalue weighted by atomic mass is 9.87. The Kier molecular flexibility index (Phi) is 6.99. The fourth-order valence-corrected chi connectivity index (χ4v) is 2.66. The average Bonchev–Trinajstić information content (AvgIpc) is 2.61. The first-order valence-electron chi connectivity index (χ1n) is 8.32. The molecule has 0 aliphatic heterocycles. The molecule has 27 heavy (non-hydrogen) atoms. The molecule has 0 bridgehead atoms. The van der Waals surface area contributed by atoms with Gasteiger partial charge in [0.15, 0.2) is 0 Å². The number of amides is 2. The third kappa shape index (κ3) is 6.38. The number of benzene rings is 2. The third-order valence-corrected chi connectivity index (χ3v) is 4.34. The van der Waals surface area contributed by atoms with Crippen molar-refractivity contribution in [2.45, 2.75) is 26.2 Å². The lowest BCUT2D eigenvalue weighted by molar-refractivity contribution is -0.120. The van der Waals surface area contributed by atoms with Crippen LogP contribution >= 0.6 is 23.2 Å². The van der Waals surface area contributed by atoms with E-state index < -0.39 is 5.91 Å². The van der Waals surface area contributed by atoms with Crippen LogP contribution in [-0.2, 0) is 10.2 Å². The Morgan fingerprint density at radius 3 is 2.33 bits per heavy atom. The molecule has 0 heterocycles. The van der Waals surface area contributed by atoms with Crippen molar-refractivity contribution in [2.24, 2.45) is 5.10 Å². The average molecular weight is 406 g/mol. The number of halogens is 2. The molecule has 142 valence electrons. The molecule has 0 unspecified atom stereocenters. The van der Waals surface area contributed by atoms with Crippen molar-refractivity contribution < 1.29 is 9.59 Å². The highest BCUT2D eigenvalue weighted by atomic mass is 35.5. The zero-order valence-electron chi connectivity index (χ0n) is 15.3. The molecule has 0 radical (unpaired) electrons. The largest absolute Gasteiger partial charge is 0.343 e. The van der Waals surface area contributed by atoms with Gasteiger partial charge in [-0.05, 0) is 35.2 Å². The lowest BCUT2D eigenvalue weighted by Gasteiger charge is -2.19. The molecule has 2 amide bonds. The number of rotatable bonds is 5. The van der Waals surface area contributed by atoms with Gasteiger partial charge in [0.1, 0.15) is 0 Å². The summed E-state index contributed by atoms with van der Waals surface area (Å²) < 4.78 is 0. The van der Waals surface area contributed by atoms with Crippen LogP contribution < -0.4 is 10.7 Å². The van der Waals surface area contributed by atoms with Gasteiger partial charge in [-0.3, -0.25) is 9.59 Å². The maximum atomic E-state index is 12.1. The maximum Gasteiger partial charge on any atom is 0.259 e. The lowest BCUT2D eigenvalue weighted by Crippen LogP contribution is -2.34. The van der Waals surface area contributed by atoms with E-state index in [0.717, 1.165) is 5.56 Å². The van der Waals surface area contributed by atoms with Crippen molar-refractivity contribution in [3.05, 3.63) is 69.2 Å². The van der Waals surface area contributed by atoms with Gasteiger partial charge in [0.05, 0.1) is 17.8 Å². The molecule has 2 aromatic carbocycles. The zero-order valence-corrected chi connectivity index (χ0v) is 16.9. The molecule has 0 saturated heterocycles. The molecule has 7 heteroatoms. The molecular formula is C20H21Cl2N3O2. The molecule has 2 rings (SSSR count). The molecule has 2 aromatic rings. The van der Waals surface area contributed by atoms with E-state index >= 15 is 0 Å². The van der Waals surface area contributed by atoms with Gasteiger partial charge < -0.3 is 5.32 Å². The van der Waals surface area contributed by atoms with E-state index in [0.29, 0.717) is 21.2 Å². The first-order chi connectivity index (χ1) is 12.7. The minimum Gasteiger partial charge on any atom is -0.343 e. The van der Waals surface area contributed by atoms with E-state index in [9.17, 15) is 9.59 Å². The van der Waals surface area contributed by atoms with E-state index in [1.54, 1.807) is 30.3 Å². The van der Waals surface area contributed by atoms with E-state index in [-0.39, 0.29) is 17.9 Å². The van der Waals surface area contributed by atoms with Gasteiger partial charge >= 0.3 is 0 Å². The van der Waals surface area contributed by atoms with Gasteiger partial charge in [0, 0.05) is 16.1 Å². The second kappa shape index (κ2) is 9.02. The first kappa shape index (κ1) is 20.9. The number of carbonyl (C=O) groups excluding carboxylic acids is 2. The Morgan fingerprint density at radius 1 is 1.07 bits per heavy atom. The standard InChI is InChI=1S/C20H21Cl2N3O2/c1-20(2,3)15-7-4-13(5-8-15)19(27)23-12-18(26)25-24-11-14-6-9-16(21)10-17(14)22/h4-11H,12H2,1-3H3,(H,23,27)(H,25,26). The monoisotopic (exact) mass is 405 g/mol. The molecule has 0 aromatic heterocycles. The van der Waals surface area contributed by atoms with Gasteiger partial charge in [0.25, 0.3) is 11.8 Å². The van der Waals surface area contributed by atoms with Crippen molar-refractivity contribution in [1.82, 2.24) is 10.7 Å². The smallest absolute Gasteiger partial charge is 0.259 e. The summed E-state index contributed by atoms with van der Waals surface area (Å²) in [6.07, 6.45) is 1.41. The summed E-state index contributed by atoms with van der Waals surface area (Å²) in [5, 5.41) is 7.31. The SMILES string of the molecule is CC(C)(C)c1ccc(C(=O)NCC(=O)NN=Cc2ccc(Cl)cc2Cl)cc1. The second-order valence-corrected chi connectivity index (χ2v) is 7.81. The molecule has 0 fully saturated rings. The summed E-state index contributed by atoms with van der Waals surface area (Å²) in [5.74, 6) is -0.772. The van der Waals surface area contributed by atoms with Crippen molar-refractivity contribution in [3.63, 3.8) is 0 Å². The molecule has 0 saturated carbocycles. The van der Waals surface area contributed by atoms with Crippen LogP contribution in [0.15, 0.2) is 47.6 Å². The summed E-state index contributed by atoms with van der Waals surface area (Å²) in [7, 11) is 0. The maximum absolute atomic E-state index is 12.1. The van der Waals surface area contributed by atoms with Crippen LogP contribution in [0.5, 0.6) is 0 Å². The van der Waals surface area contributed by atoms with E-state index in [2.05, 4.69) is 36.6 Å². The van der Waals surface area contributed by atoms with E-state index in [1.165, 1.54) is 6.21 Å². The van der Waals surface area contributed by atoms with Gasteiger partial charge in [-0.1, -0.05) is 62.2 Å². The molecule has 0 spiro atoms. The third-order valence-electron chi connectivity index (χ3n) is 3.78. The molecule has 0 aliphatic carbocycles. The van der Waals surface area contributed by atoms with Crippen molar-refractivity contribution >= 4 is 41.2 Å². The van der Waals surface area contributed by atoms with Crippen LogP contribution in [-0.4, -0.2) is 24.6 Å². The number of hydrazone groups is 1. The van der Waals surface area contributed by atoms with Crippen LogP contribution in [0.3, 0.4) is 0 Å². The normalized spacial score (nSPS) is 11.4. The number of hydrogen-bond acceptors (Lipinski definition) is 3. The summed E-state index contributed by atoms with van der Waals surface area (Å²) in [5.41, 5.74) is 4.59. The summed E-state index contributed by atoms with van der Waals surface area (Å²) in [6, 6.07) is 12.2. The van der Waals surface area contributed by atoms with Gasteiger partial charge in [-0.15, -0.1) is 0 Å². The topological polar surface area (TPSA) is 70.6 Å². The summed E-state index contributed by atoms with van der Waals surface area (Å²) in [6.45, 7) is 6.12. The Bertz CT molecular complexity index is 857. The van der Waals surface area contributed by atoms with Gasteiger partial charge in [-0.25, -0.2) is 5.43 Å². The molecule has 0 aliphatic rings. The van der Waals surface area contributed by atoms with Crippen LogP contribution in [0.4, 0.5) is 0 Å². The number of hydrogen-bond donors (Lipinski definition) is 2. The highest BCUT2D eigenvalue weighted by Crippen LogP contribution is 2.22.